The molecule has 30 heavy (non-hydrogen) atoms. The third-order valence-corrected chi connectivity index (χ3v) is 5.11. The second kappa shape index (κ2) is 13.7. The Morgan fingerprint density at radius 3 is 2.23 bits per heavy atom. The molecule has 2 aromatic rings. The van der Waals surface area contributed by atoms with Crippen molar-refractivity contribution in [2.75, 3.05) is 0 Å². The average molecular weight is 473 g/mol. The number of hydrogen-bond donors (Lipinski definition) is 1. The smallest absolute Gasteiger partial charge is 0.343 e. The maximum Gasteiger partial charge on any atom is 0.343 e. The number of ether oxygens (including phenoxy) is 1. The van der Waals surface area contributed by atoms with Crippen LogP contribution in [-0.2, 0) is 4.79 Å². The van der Waals surface area contributed by atoms with E-state index in [0.29, 0.717) is 17.7 Å². The molecule has 0 saturated heterocycles. The minimum Gasteiger partial charge on any atom is -0.423 e. The highest BCUT2D eigenvalue weighted by Crippen LogP contribution is 2.15. The van der Waals surface area contributed by atoms with Gasteiger partial charge in [-0.2, -0.15) is 5.10 Å². The predicted molar refractivity (Wildman–Crippen MR) is 124 cm³/mol. The van der Waals surface area contributed by atoms with Gasteiger partial charge in [0, 0.05) is 10.9 Å². The van der Waals surface area contributed by atoms with Gasteiger partial charge in [-0.3, -0.25) is 4.79 Å². The molecule has 2 rings (SSSR count). The molecule has 1 amide bonds. The van der Waals surface area contributed by atoms with Gasteiger partial charge in [0.25, 0.3) is 0 Å². The van der Waals surface area contributed by atoms with Crippen LogP contribution in [0.1, 0.15) is 74.2 Å². The summed E-state index contributed by atoms with van der Waals surface area (Å²) in [5.41, 5.74) is 3.84. The first kappa shape index (κ1) is 23.8. The van der Waals surface area contributed by atoms with Crippen molar-refractivity contribution in [2.45, 2.75) is 58.3 Å². The quantitative estimate of drug-likeness (QED) is 0.130. The minimum atomic E-state index is -0.415. The molecule has 160 valence electrons. The summed E-state index contributed by atoms with van der Waals surface area (Å²) in [4.78, 5) is 23.9. The lowest BCUT2D eigenvalue weighted by atomic mass is 10.1. The average Bonchev–Trinajstić information content (AvgIpc) is 2.75. The lowest BCUT2D eigenvalue weighted by Crippen LogP contribution is -2.16. The molecule has 0 spiro atoms. The molecule has 0 bridgehead atoms. The van der Waals surface area contributed by atoms with Gasteiger partial charge in [-0.25, -0.2) is 10.2 Å². The number of nitrogens with one attached hydrogen (secondary N) is 1. The molecule has 2 aromatic carbocycles. The molecule has 0 aliphatic heterocycles. The van der Waals surface area contributed by atoms with Crippen LogP contribution in [-0.4, -0.2) is 18.1 Å². The first-order chi connectivity index (χ1) is 14.6. The van der Waals surface area contributed by atoms with E-state index >= 15 is 0 Å². The summed E-state index contributed by atoms with van der Waals surface area (Å²) < 4.78 is 6.26. The Morgan fingerprint density at radius 2 is 1.57 bits per heavy atom. The van der Waals surface area contributed by atoms with Crippen molar-refractivity contribution in [1.82, 2.24) is 5.43 Å². The number of nitrogens with zero attached hydrogens (tertiary/aromatic N) is 1. The first-order valence-electron chi connectivity index (χ1n) is 10.5. The normalized spacial score (nSPS) is 10.9. The molecule has 1 N–H and O–H groups in total. The van der Waals surface area contributed by atoms with Gasteiger partial charge in [-0.1, -0.05) is 61.4 Å². The molecule has 0 heterocycles. The van der Waals surface area contributed by atoms with Crippen molar-refractivity contribution in [1.29, 1.82) is 0 Å². The number of carbonyl (C=O) groups excluding carboxylic acids is 2. The number of unbranched alkanes of at least 4 members (excludes halogenated alkanes) is 6. The maximum atomic E-state index is 12.1. The first-order valence-corrected chi connectivity index (χ1v) is 11.3. The summed E-state index contributed by atoms with van der Waals surface area (Å²) in [5, 5.41) is 3.99. The fraction of sp³-hybridized carbons (Fsp3) is 0.375. The van der Waals surface area contributed by atoms with Gasteiger partial charge >= 0.3 is 5.97 Å². The number of hydrazone groups is 1. The monoisotopic (exact) mass is 472 g/mol. The molecule has 0 saturated carbocycles. The van der Waals surface area contributed by atoms with E-state index < -0.39 is 5.97 Å². The van der Waals surface area contributed by atoms with Gasteiger partial charge in [0.15, 0.2) is 0 Å². The zero-order chi connectivity index (χ0) is 21.6. The summed E-state index contributed by atoms with van der Waals surface area (Å²) >= 11 is 3.33. The van der Waals surface area contributed by atoms with Crippen molar-refractivity contribution >= 4 is 34.0 Å². The van der Waals surface area contributed by atoms with E-state index in [0.717, 1.165) is 22.9 Å². The molecule has 0 aliphatic rings. The SMILES string of the molecule is CCCCCCCCCC(=O)NN=Cc1ccc(OC(=O)c2ccc(Br)cc2)cc1. The van der Waals surface area contributed by atoms with E-state index in [1.165, 1.54) is 32.1 Å². The van der Waals surface area contributed by atoms with Crippen LogP contribution in [0.5, 0.6) is 5.75 Å². The predicted octanol–water partition coefficient (Wildman–Crippen LogP) is 6.26. The molecule has 0 atom stereocenters. The number of hydrogen-bond acceptors (Lipinski definition) is 4. The molecule has 0 aromatic heterocycles. The molecular weight excluding hydrogens is 444 g/mol. The van der Waals surface area contributed by atoms with Gasteiger partial charge < -0.3 is 4.74 Å². The van der Waals surface area contributed by atoms with Gasteiger partial charge in [0.2, 0.25) is 5.91 Å². The minimum absolute atomic E-state index is 0.0696. The van der Waals surface area contributed by atoms with Crippen LogP contribution in [0.25, 0.3) is 0 Å². The van der Waals surface area contributed by atoms with Crippen LogP contribution in [0.2, 0.25) is 0 Å². The zero-order valence-corrected chi connectivity index (χ0v) is 19.0. The summed E-state index contributed by atoms with van der Waals surface area (Å²) in [6, 6.07) is 13.9. The number of benzene rings is 2. The Hall–Kier alpha value is -2.47. The Morgan fingerprint density at radius 1 is 0.933 bits per heavy atom. The number of amides is 1. The van der Waals surface area contributed by atoms with Crippen molar-refractivity contribution in [3.63, 3.8) is 0 Å². The van der Waals surface area contributed by atoms with Crippen molar-refractivity contribution in [3.05, 3.63) is 64.1 Å². The van der Waals surface area contributed by atoms with Crippen LogP contribution >= 0.6 is 15.9 Å². The molecule has 0 unspecified atom stereocenters. The Balaban J connectivity index is 1.68. The third kappa shape index (κ3) is 9.35. The Bertz CT molecular complexity index is 817. The molecule has 0 fully saturated rings. The van der Waals surface area contributed by atoms with Crippen LogP contribution in [0.3, 0.4) is 0 Å². The number of esters is 1. The van der Waals surface area contributed by atoms with E-state index in [4.69, 9.17) is 4.74 Å². The van der Waals surface area contributed by atoms with Gasteiger partial charge in [0.1, 0.15) is 5.75 Å². The summed E-state index contributed by atoms with van der Waals surface area (Å²) in [6.07, 6.45) is 10.3. The molecule has 6 heteroatoms. The summed E-state index contributed by atoms with van der Waals surface area (Å²) in [5.74, 6) is -0.0376. The topological polar surface area (TPSA) is 67.8 Å². The van der Waals surface area contributed by atoms with Crippen LogP contribution < -0.4 is 10.2 Å². The Kier molecular flexibility index (Phi) is 10.9. The molecule has 5 nitrogen and oxygen atoms in total. The fourth-order valence-corrected chi connectivity index (χ4v) is 3.12. The van der Waals surface area contributed by atoms with Crippen molar-refractivity contribution < 1.29 is 14.3 Å². The zero-order valence-electron chi connectivity index (χ0n) is 17.4. The standard InChI is InChI=1S/C24H29BrN2O3/c1-2-3-4-5-6-7-8-9-23(28)27-26-18-19-10-16-22(17-11-19)30-24(29)20-12-14-21(25)15-13-20/h10-18H,2-9H2,1H3,(H,27,28). The third-order valence-electron chi connectivity index (χ3n) is 4.58. The van der Waals surface area contributed by atoms with Crippen LogP contribution in [0, 0.1) is 0 Å². The van der Waals surface area contributed by atoms with Crippen molar-refractivity contribution in [3.8, 4) is 5.75 Å². The van der Waals surface area contributed by atoms with Crippen LogP contribution in [0.4, 0.5) is 0 Å². The molecule has 0 aliphatic carbocycles. The Labute approximate surface area is 187 Å². The van der Waals surface area contributed by atoms with E-state index in [1.807, 2.05) is 0 Å². The largest absolute Gasteiger partial charge is 0.423 e. The van der Waals surface area contributed by atoms with E-state index in [1.54, 1.807) is 54.7 Å². The lowest BCUT2D eigenvalue weighted by molar-refractivity contribution is -0.121. The number of rotatable bonds is 12. The van der Waals surface area contributed by atoms with Gasteiger partial charge in [-0.05, 0) is 60.5 Å². The highest BCUT2D eigenvalue weighted by atomic mass is 79.9. The van der Waals surface area contributed by atoms with Crippen LogP contribution in [0.15, 0.2) is 58.1 Å². The number of carbonyl (C=O) groups is 2. The van der Waals surface area contributed by atoms with E-state index in [-0.39, 0.29) is 5.91 Å². The van der Waals surface area contributed by atoms with E-state index in [2.05, 4.69) is 33.4 Å². The summed E-state index contributed by atoms with van der Waals surface area (Å²) in [7, 11) is 0. The lowest BCUT2D eigenvalue weighted by Gasteiger charge is -2.05. The van der Waals surface area contributed by atoms with Crippen molar-refractivity contribution in [2.24, 2.45) is 5.10 Å². The van der Waals surface area contributed by atoms with E-state index in [9.17, 15) is 9.59 Å². The van der Waals surface area contributed by atoms with Gasteiger partial charge in [-0.15, -0.1) is 0 Å². The summed E-state index contributed by atoms with van der Waals surface area (Å²) in [6.45, 7) is 2.21. The molecule has 0 radical (unpaired) electrons. The second-order valence-electron chi connectivity index (χ2n) is 7.13. The van der Waals surface area contributed by atoms with Gasteiger partial charge in [0.05, 0.1) is 11.8 Å². The highest BCUT2D eigenvalue weighted by Gasteiger charge is 2.08. The fourth-order valence-electron chi connectivity index (χ4n) is 2.85. The second-order valence-corrected chi connectivity index (χ2v) is 8.05. The molecular formula is C24H29BrN2O3. The number of halogens is 1. The maximum absolute atomic E-state index is 12.1. The highest BCUT2D eigenvalue weighted by molar-refractivity contribution is 9.10.